The lowest BCUT2D eigenvalue weighted by molar-refractivity contribution is 0.0439. The highest BCUT2D eigenvalue weighted by molar-refractivity contribution is 5.98. The van der Waals surface area contributed by atoms with E-state index in [1.54, 1.807) is 0 Å². The van der Waals surface area contributed by atoms with E-state index in [0.29, 0.717) is 44.9 Å². The molecule has 0 bridgehead atoms. The van der Waals surface area contributed by atoms with Crippen LogP contribution in [0.3, 0.4) is 0 Å². The summed E-state index contributed by atoms with van der Waals surface area (Å²) in [7, 11) is 0. The molecule has 340 valence electrons. The zero-order valence-corrected chi connectivity index (χ0v) is 40.8. The minimum atomic E-state index is -0.516. The number of carbonyl (C=O) groups is 2. The molecule has 0 aliphatic rings. The smallest absolute Gasteiger partial charge is 0.339 e. The quantitative estimate of drug-likeness (QED) is 0.0952. The molecule has 4 aromatic rings. The first-order valence-electron chi connectivity index (χ1n) is 22.0. The Morgan fingerprint density at radius 3 is 1.08 bits per heavy atom. The maximum atomic E-state index is 13.6. The first kappa shape index (κ1) is 50.1. The number of esters is 2. The van der Waals surface area contributed by atoms with Crippen molar-refractivity contribution in [3.05, 3.63) is 128 Å². The molecule has 4 rings (SSSR count). The third kappa shape index (κ3) is 12.0. The number of carbonyl (C=O) groups excluding carboxylic acids is 2. The number of rotatable bonds is 14. The summed E-state index contributed by atoms with van der Waals surface area (Å²) < 4.78 is 23.5. The number of aromatic hydroxyl groups is 2. The Hall–Kier alpha value is -5.50. The van der Waals surface area contributed by atoms with Crippen LogP contribution in [0.2, 0.25) is 0 Å². The van der Waals surface area contributed by atoms with E-state index < -0.39 is 22.8 Å². The van der Waals surface area contributed by atoms with Gasteiger partial charge in [0.05, 0.1) is 11.1 Å². The monoisotopic (exact) mass is 861 g/mol. The molecule has 0 saturated heterocycles. The molecular formula is C55H72O8. The fourth-order valence-corrected chi connectivity index (χ4v) is 7.89. The van der Waals surface area contributed by atoms with Crippen molar-refractivity contribution in [3.8, 4) is 23.0 Å². The summed E-state index contributed by atoms with van der Waals surface area (Å²) in [6.45, 7) is 32.7. The normalized spacial score (nSPS) is 12.8. The first-order chi connectivity index (χ1) is 29.1. The second-order valence-corrected chi connectivity index (χ2v) is 20.9. The molecule has 63 heavy (non-hydrogen) atoms. The molecule has 0 aromatic heterocycles. The Balaban J connectivity index is 1.36. The molecule has 0 amide bonds. The second-order valence-electron chi connectivity index (χ2n) is 20.9. The molecule has 0 heterocycles. The van der Waals surface area contributed by atoms with Crippen molar-refractivity contribution < 1.29 is 38.7 Å². The molecular weight excluding hydrogens is 789 g/mol. The van der Waals surface area contributed by atoms with Gasteiger partial charge in [0, 0.05) is 27.7 Å². The van der Waals surface area contributed by atoms with Crippen LogP contribution >= 0.6 is 0 Å². The van der Waals surface area contributed by atoms with Crippen LogP contribution in [0.1, 0.15) is 176 Å². The summed E-state index contributed by atoms with van der Waals surface area (Å²) in [4.78, 5) is 27.3. The van der Waals surface area contributed by atoms with Crippen molar-refractivity contribution in [1.29, 1.82) is 0 Å². The van der Waals surface area contributed by atoms with Gasteiger partial charge >= 0.3 is 11.9 Å². The third-order valence-electron chi connectivity index (χ3n) is 11.2. The van der Waals surface area contributed by atoms with E-state index in [1.165, 1.54) is 0 Å². The molecule has 0 saturated carbocycles. The van der Waals surface area contributed by atoms with Gasteiger partial charge in [0.1, 0.15) is 49.4 Å². The van der Waals surface area contributed by atoms with E-state index in [-0.39, 0.29) is 54.2 Å². The van der Waals surface area contributed by atoms with Crippen LogP contribution in [0, 0.1) is 0 Å². The van der Waals surface area contributed by atoms with E-state index in [2.05, 4.69) is 13.8 Å². The number of phenolic OH excluding ortho intramolecular Hbond substituents is 2. The highest BCUT2D eigenvalue weighted by atomic mass is 16.6. The molecule has 8 heteroatoms. The highest BCUT2D eigenvalue weighted by Gasteiger charge is 2.35. The maximum Gasteiger partial charge on any atom is 0.339 e. The molecule has 0 aliphatic heterocycles. The molecule has 4 aromatic carbocycles. The van der Waals surface area contributed by atoms with Crippen molar-refractivity contribution in [1.82, 2.24) is 0 Å². The van der Waals surface area contributed by atoms with Crippen LogP contribution < -0.4 is 9.47 Å². The van der Waals surface area contributed by atoms with Gasteiger partial charge < -0.3 is 29.2 Å². The minimum absolute atomic E-state index is 0.0369. The lowest BCUT2D eigenvalue weighted by Gasteiger charge is -2.30. The van der Waals surface area contributed by atoms with Crippen LogP contribution in [0.4, 0.5) is 0 Å². The van der Waals surface area contributed by atoms with Crippen LogP contribution in [-0.2, 0) is 36.5 Å². The summed E-state index contributed by atoms with van der Waals surface area (Å²) in [6, 6.07) is 19.5. The Labute approximate surface area is 377 Å². The number of hydrogen-bond donors (Lipinski definition) is 2. The van der Waals surface area contributed by atoms with Crippen molar-refractivity contribution >= 4 is 24.1 Å². The number of allylic oxidation sites excluding steroid dienone is 2. The van der Waals surface area contributed by atoms with Gasteiger partial charge in [-0.05, 0) is 94.2 Å². The van der Waals surface area contributed by atoms with Crippen LogP contribution in [-0.4, -0.2) is 48.6 Å². The highest BCUT2D eigenvalue weighted by Crippen LogP contribution is 2.45. The van der Waals surface area contributed by atoms with Gasteiger partial charge in [0.15, 0.2) is 0 Å². The number of phenols is 2. The Kier molecular flexibility index (Phi) is 15.5. The lowest BCUT2D eigenvalue weighted by Crippen LogP contribution is -2.24. The topological polar surface area (TPSA) is 112 Å². The van der Waals surface area contributed by atoms with Crippen molar-refractivity contribution in [2.45, 2.75) is 138 Å². The summed E-state index contributed by atoms with van der Waals surface area (Å²) >= 11 is 0. The van der Waals surface area contributed by atoms with E-state index in [1.807, 2.05) is 182 Å². The molecule has 0 unspecified atom stereocenters. The predicted octanol–water partition coefficient (Wildman–Crippen LogP) is 13.2. The van der Waals surface area contributed by atoms with Crippen molar-refractivity contribution in [2.75, 3.05) is 26.4 Å². The summed E-state index contributed by atoms with van der Waals surface area (Å²) in [5, 5.41) is 22.9. The van der Waals surface area contributed by atoms with Crippen molar-refractivity contribution in [3.63, 3.8) is 0 Å². The van der Waals surface area contributed by atoms with E-state index in [0.717, 1.165) is 22.3 Å². The Morgan fingerprint density at radius 1 is 0.492 bits per heavy atom. The zero-order valence-electron chi connectivity index (χ0n) is 40.8. The molecule has 0 spiro atoms. The lowest BCUT2D eigenvalue weighted by atomic mass is 9.75. The van der Waals surface area contributed by atoms with Gasteiger partial charge in [-0.1, -0.05) is 146 Å². The van der Waals surface area contributed by atoms with Gasteiger partial charge in [-0.15, -0.1) is 0 Å². The summed E-state index contributed by atoms with van der Waals surface area (Å²) in [5.74, 6) is 0.557. The van der Waals surface area contributed by atoms with Crippen LogP contribution in [0.5, 0.6) is 23.0 Å². The van der Waals surface area contributed by atoms with Gasteiger partial charge in [-0.25, -0.2) is 9.59 Å². The second kappa shape index (κ2) is 19.5. The first-order valence-corrected chi connectivity index (χ1v) is 22.0. The average molecular weight is 861 g/mol. The maximum absolute atomic E-state index is 13.6. The number of benzene rings is 4. The average Bonchev–Trinajstić information content (AvgIpc) is 3.17. The van der Waals surface area contributed by atoms with Crippen LogP contribution in [0.15, 0.2) is 72.8 Å². The van der Waals surface area contributed by atoms with Crippen LogP contribution in [0.25, 0.3) is 12.2 Å². The Bertz CT molecular complexity index is 2130. The summed E-state index contributed by atoms with van der Waals surface area (Å²) in [5.41, 5.74) is 5.01. The van der Waals surface area contributed by atoms with E-state index in [9.17, 15) is 19.8 Å². The van der Waals surface area contributed by atoms with Gasteiger partial charge in [0.2, 0.25) is 0 Å². The largest absolute Gasteiger partial charge is 0.507 e. The van der Waals surface area contributed by atoms with Gasteiger partial charge in [-0.2, -0.15) is 0 Å². The number of ether oxygens (including phenoxy) is 4. The third-order valence-corrected chi connectivity index (χ3v) is 11.2. The molecule has 8 nitrogen and oxygen atoms in total. The van der Waals surface area contributed by atoms with E-state index >= 15 is 0 Å². The molecule has 0 radical (unpaired) electrons. The number of hydrogen-bond acceptors (Lipinski definition) is 8. The van der Waals surface area contributed by atoms with Gasteiger partial charge in [0.25, 0.3) is 0 Å². The SMILES string of the molecule is C/C=C/c1cc(C(C)(C)C)c(O)c(C(C)(C)C)c1C(=O)OCCOc1ccc(C(C)(C)c2ccc(OCCOC(=O)c3c(/C=C/C)cc(C(C)(C)C)c(O)c3C(C)(C)C)cc2)cc1. The summed E-state index contributed by atoms with van der Waals surface area (Å²) in [6.07, 6.45) is 7.54. The van der Waals surface area contributed by atoms with Gasteiger partial charge in [-0.3, -0.25) is 0 Å². The van der Waals surface area contributed by atoms with E-state index in [4.69, 9.17) is 18.9 Å². The predicted molar refractivity (Wildman–Crippen MR) is 257 cm³/mol. The Morgan fingerprint density at radius 2 is 0.810 bits per heavy atom. The molecule has 0 atom stereocenters. The molecule has 2 N–H and O–H groups in total. The fourth-order valence-electron chi connectivity index (χ4n) is 7.89. The molecule has 0 aliphatic carbocycles. The fraction of sp³-hybridized carbons (Fsp3) is 0.455. The standard InChI is InChI=1S/C55H72O8/c1-17-19-35-33-41(51(3,4)5)47(56)45(53(9,10)11)43(35)49(58)62-31-29-60-39-25-21-37(22-26-39)55(15,16)38-23-27-40(28-24-38)61-30-32-63-50(59)44-36(20-18-2)34-42(52(6,7)8)48(57)46(44)54(12,13)14/h17-28,33-34,56-57H,29-32H2,1-16H3/b19-17+,20-18+. The zero-order chi connectivity index (χ0) is 47.3. The minimum Gasteiger partial charge on any atom is -0.507 e. The molecule has 0 fully saturated rings. The van der Waals surface area contributed by atoms with Crippen molar-refractivity contribution in [2.24, 2.45) is 0 Å².